The van der Waals surface area contributed by atoms with Crippen LogP contribution in [0, 0.1) is 20.8 Å². The van der Waals surface area contributed by atoms with Crippen LogP contribution in [0.1, 0.15) is 23.4 Å². The minimum Gasteiger partial charge on any atom is -0.396 e. The number of aliphatic hydroxyl groups excluding tert-OH is 1. The quantitative estimate of drug-likeness (QED) is 0.756. The molecule has 0 aliphatic heterocycles. The van der Waals surface area contributed by atoms with Crippen LogP contribution < -0.4 is 5.32 Å². The first-order chi connectivity index (χ1) is 7.10. The smallest absolute Gasteiger partial charge is 0.0625 e. The summed E-state index contributed by atoms with van der Waals surface area (Å²) in [5.41, 5.74) is 3.56. The molecule has 4 nitrogen and oxygen atoms in total. The van der Waals surface area contributed by atoms with Crippen molar-refractivity contribution >= 4 is 0 Å². The third-order valence-corrected chi connectivity index (χ3v) is 3.02. The summed E-state index contributed by atoms with van der Waals surface area (Å²) < 4.78 is 2.02. The Balaban J connectivity index is 2.74. The molecule has 1 unspecified atom stereocenters. The maximum absolute atomic E-state index is 8.91. The molecule has 1 aromatic rings. The van der Waals surface area contributed by atoms with Gasteiger partial charge in [0.25, 0.3) is 0 Å². The van der Waals surface area contributed by atoms with E-state index >= 15 is 0 Å². The Bertz CT molecular complexity index is 320. The van der Waals surface area contributed by atoms with Crippen molar-refractivity contribution in [1.82, 2.24) is 15.1 Å². The fraction of sp³-hybridized carbons (Fsp3) is 0.727. The second-order valence-corrected chi connectivity index (χ2v) is 3.98. The molecule has 1 atom stereocenters. The van der Waals surface area contributed by atoms with E-state index in [1.165, 1.54) is 11.3 Å². The molecule has 0 aliphatic carbocycles. The zero-order chi connectivity index (χ0) is 11.4. The summed E-state index contributed by atoms with van der Waals surface area (Å²) in [6.07, 6.45) is 0.758. The molecule has 86 valence electrons. The molecular formula is C11H21N3O. The molecular weight excluding hydrogens is 190 g/mol. The second-order valence-electron chi connectivity index (χ2n) is 3.98. The van der Waals surface area contributed by atoms with Crippen LogP contribution in [0.3, 0.4) is 0 Å². The van der Waals surface area contributed by atoms with Crippen molar-refractivity contribution in [3.8, 4) is 0 Å². The SMILES string of the molecule is CNC(CCO)Cn1nc(C)c(C)c1C. The Morgan fingerprint density at radius 2 is 2.07 bits per heavy atom. The van der Waals surface area contributed by atoms with E-state index in [-0.39, 0.29) is 12.6 Å². The van der Waals surface area contributed by atoms with E-state index in [0.717, 1.165) is 18.7 Å². The van der Waals surface area contributed by atoms with Crippen molar-refractivity contribution in [3.63, 3.8) is 0 Å². The lowest BCUT2D eigenvalue weighted by Crippen LogP contribution is -2.31. The van der Waals surface area contributed by atoms with Crippen LogP contribution in [0.15, 0.2) is 0 Å². The number of rotatable bonds is 5. The number of hydrogen-bond acceptors (Lipinski definition) is 3. The lowest BCUT2D eigenvalue weighted by atomic mass is 10.2. The first-order valence-corrected chi connectivity index (χ1v) is 5.38. The van der Waals surface area contributed by atoms with E-state index in [1.807, 2.05) is 18.7 Å². The third-order valence-electron chi connectivity index (χ3n) is 3.02. The average molecular weight is 211 g/mol. The van der Waals surface area contributed by atoms with Gasteiger partial charge in [0, 0.05) is 18.3 Å². The number of nitrogens with zero attached hydrogens (tertiary/aromatic N) is 2. The highest BCUT2D eigenvalue weighted by Gasteiger charge is 2.11. The summed E-state index contributed by atoms with van der Waals surface area (Å²) in [6, 6.07) is 0.285. The Labute approximate surface area is 91.3 Å². The molecule has 2 N–H and O–H groups in total. The maximum Gasteiger partial charge on any atom is 0.0625 e. The number of likely N-dealkylation sites (N-methyl/N-ethyl adjacent to an activating group) is 1. The van der Waals surface area contributed by atoms with Gasteiger partial charge in [-0.05, 0) is 39.8 Å². The minimum absolute atomic E-state index is 0.212. The number of aryl methyl sites for hydroxylation is 1. The molecule has 0 fully saturated rings. The predicted molar refractivity (Wildman–Crippen MR) is 61.0 cm³/mol. The summed E-state index contributed by atoms with van der Waals surface area (Å²) in [4.78, 5) is 0. The highest BCUT2D eigenvalue weighted by molar-refractivity contribution is 5.22. The average Bonchev–Trinajstić information content (AvgIpc) is 2.46. The Hall–Kier alpha value is -0.870. The topological polar surface area (TPSA) is 50.1 Å². The highest BCUT2D eigenvalue weighted by atomic mass is 16.3. The van der Waals surface area contributed by atoms with Gasteiger partial charge in [-0.2, -0.15) is 5.10 Å². The molecule has 0 saturated heterocycles. The van der Waals surface area contributed by atoms with E-state index in [2.05, 4.69) is 24.3 Å². The summed E-state index contributed by atoms with van der Waals surface area (Å²) in [6.45, 7) is 7.23. The van der Waals surface area contributed by atoms with Gasteiger partial charge in [-0.15, -0.1) is 0 Å². The van der Waals surface area contributed by atoms with Gasteiger partial charge in [0.05, 0.1) is 12.2 Å². The molecule has 0 spiro atoms. The van der Waals surface area contributed by atoms with E-state index < -0.39 is 0 Å². The molecule has 0 saturated carbocycles. The van der Waals surface area contributed by atoms with E-state index in [0.29, 0.717) is 0 Å². The largest absolute Gasteiger partial charge is 0.396 e. The van der Waals surface area contributed by atoms with Crippen molar-refractivity contribution in [1.29, 1.82) is 0 Å². The zero-order valence-corrected chi connectivity index (χ0v) is 10.0. The number of aromatic nitrogens is 2. The Kier molecular flexibility index (Phi) is 4.29. The third kappa shape index (κ3) is 2.79. The molecule has 0 bridgehead atoms. The molecule has 1 rings (SSSR count). The summed E-state index contributed by atoms with van der Waals surface area (Å²) in [5.74, 6) is 0. The Morgan fingerprint density at radius 1 is 1.40 bits per heavy atom. The van der Waals surface area contributed by atoms with Gasteiger partial charge in [0.2, 0.25) is 0 Å². The maximum atomic E-state index is 8.91. The normalized spacial score (nSPS) is 13.1. The number of hydrogen-bond donors (Lipinski definition) is 2. The van der Waals surface area contributed by atoms with Crippen LogP contribution in [-0.4, -0.2) is 34.6 Å². The fourth-order valence-electron chi connectivity index (χ4n) is 1.66. The van der Waals surface area contributed by atoms with Crippen LogP contribution in [0.2, 0.25) is 0 Å². The van der Waals surface area contributed by atoms with Crippen molar-refractivity contribution in [2.45, 2.75) is 39.8 Å². The van der Waals surface area contributed by atoms with Crippen LogP contribution in [0.4, 0.5) is 0 Å². The summed E-state index contributed by atoms with van der Waals surface area (Å²) >= 11 is 0. The predicted octanol–water partition coefficient (Wildman–Crippen LogP) is 0.779. The van der Waals surface area contributed by atoms with Crippen LogP contribution in [0.25, 0.3) is 0 Å². The first kappa shape index (κ1) is 12.2. The summed E-state index contributed by atoms with van der Waals surface area (Å²) in [5, 5.41) is 16.6. The molecule has 1 heterocycles. The van der Waals surface area contributed by atoms with Gasteiger partial charge >= 0.3 is 0 Å². The van der Waals surface area contributed by atoms with Gasteiger partial charge in [0.1, 0.15) is 0 Å². The molecule has 1 aromatic heterocycles. The van der Waals surface area contributed by atoms with Crippen molar-refractivity contribution in [3.05, 3.63) is 17.0 Å². The van der Waals surface area contributed by atoms with E-state index in [1.54, 1.807) is 0 Å². The molecule has 0 aliphatic rings. The van der Waals surface area contributed by atoms with E-state index in [9.17, 15) is 0 Å². The van der Waals surface area contributed by atoms with Crippen molar-refractivity contribution < 1.29 is 5.11 Å². The van der Waals surface area contributed by atoms with Gasteiger partial charge < -0.3 is 10.4 Å². The van der Waals surface area contributed by atoms with Gasteiger partial charge in [-0.25, -0.2) is 0 Å². The first-order valence-electron chi connectivity index (χ1n) is 5.38. The van der Waals surface area contributed by atoms with Crippen molar-refractivity contribution in [2.24, 2.45) is 0 Å². The number of nitrogens with one attached hydrogen (secondary N) is 1. The van der Waals surface area contributed by atoms with Gasteiger partial charge in [-0.3, -0.25) is 4.68 Å². The van der Waals surface area contributed by atoms with E-state index in [4.69, 9.17) is 5.11 Å². The number of aliphatic hydroxyl groups is 1. The van der Waals surface area contributed by atoms with Crippen LogP contribution in [0.5, 0.6) is 0 Å². The monoisotopic (exact) mass is 211 g/mol. The van der Waals surface area contributed by atoms with Crippen LogP contribution >= 0.6 is 0 Å². The standard InChI is InChI=1S/C11H21N3O/c1-8-9(2)13-14(10(8)3)7-11(12-4)5-6-15/h11-12,15H,5-7H2,1-4H3. The molecule has 15 heavy (non-hydrogen) atoms. The van der Waals surface area contributed by atoms with Gasteiger partial charge in [-0.1, -0.05) is 0 Å². The zero-order valence-electron chi connectivity index (χ0n) is 10.0. The second kappa shape index (κ2) is 5.28. The van der Waals surface area contributed by atoms with Gasteiger partial charge in [0.15, 0.2) is 0 Å². The summed E-state index contributed by atoms with van der Waals surface area (Å²) in [7, 11) is 1.92. The minimum atomic E-state index is 0.212. The molecule has 0 amide bonds. The molecule has 0 radical (unpaired) electrons. The lowest BCUT2D eigenvalue weighted by Gasteiger charge is -2.15. The molecule has 0 aromatic carbocycles. The fourth-order valence-corrected chi connectivity index (χ4v) is 1.66. The molecule has 4 heteroatoms. The highest BCUT2D eigenvalue weighted by Crippen LogP contribution is 2.11. The van der Waals surface area contributed by atoms with Crippen molar-refractivity contribution in [2.75, 3.05) is 13.7 Å². The lowest BCUT2D eigenvalue weighted by molar-refractivity contribution is 0.257. The Morgan fingerprint density at radius 3 is 2.47 bits per heavy atom. The van der Waals surface area contributed by atoms with Crippen LogP contribution in [-0.2, 0) is 6.54 Å².